The first-order valence-corrected chi connectivity index (χ1v) is 8.73. The Morgan fingerprint density at radius 3 is 2.83 bits per heavy atom. The fourth-order valence-corrected chi connectivity index (χ4v) is 3.94. The number of carbonyl (C=O) groups excluding carboxylic acids is 2. The van der Waals surface area contributed by atoms with Crippen molar-refractivity contribution in [2.24, 2.45) is 0 Å². The summed E-state index contributed by atoms with van der Waals surface area (Å²) in [5, 5.41) is 3.75. The normalized spacial score (nSPS) is 14.2. The minimum atomic E-state index is -0.314. The molecule has 1 N–H and O–H groups in total. The lowest BCUT2D eigenvalue weighted by Crippen LogP contribution is -2.22. The summed E-state index contributed by atoms with van der Waals surface area (Å²) in [7, 11) is 0. The molecule has 2 aromatic rings. The highest BCUT2D eigenvalue weighted by Crippen LogP contribution is 2.26. The Bertz CT molecular complexity index is 722. The van der Waals surface area contributed by atoms with Gasteiger partial charge in [0.2, 0.25) is 0 Å². The number of hydrogen-bond donors (Lipinski definition) is 1. The summed E-state index contributed by atoms with van der Waals surface area (Å²) >= 11 is 1.69. The van der Waals surface area contributed by atoms with Gasteiger partial charge in [0.1, 0.15) is 10.8 Å². The predicted molar refractivity (Wildman–Crippen MR) is 88.0 cm³/mol. The van der Waals surface area contributed by atoms with Crippen molar-refractivity contribution in [3.8, 4) is 0 Å². The molecule has 0 saturated carbocycles. The van der Waals surface area contributed by atoms with Gasteiger partial charge in [-0.25, -0.2) is 4.98 Å². The Kier molecular flexibility index (Phi) is 4.61. The lowest BCUT2D eigenvalue weighted by Gasteiger charge is -2.00. The first-order chi connectivity index (χ1) is 11.0. The molecule has 0 spiro atoms. The molecule has 23 heavy (non-hydrogen) atoms. The molecule has 2 heterocycles. The predicted octanol–water partition coefficient (Wildman–Crippen LogP) is 3.45. The molecule has 0 bridgehead atoms. The number of Topliss-reactive ketones (excluding diaryl/α,β-unsaturated/α-hetero) is 1. The van der Waals surface area contributed by atoms with Crippen LogP contribution in [0.1, 0.15) is 68.4 Å². The number of carbonyl (C=O) groups is 2. The van der Waals surface area contributed by atoms with Crippen LogP contribution >= 0.6 is 11.3 Å². The van der Waals surface area contributed by atoms with Gasteiger partial charge in [-0.2, -0.15) is 0 Å². The van der Waals surface area contributed by atoms with Crippen molar-refractivity contribution in [3.63, 3.8) is 0 Å². The molecule has 1 aliphatic carbocycles. The number of aromatic nitrogens is 1. The van der Waals surface area contributed by atoms with Crippen molar-refractivity contribution < 1.29 is 14.0 Å². The number of nitrogens with one attached hydrogen (secondary N) is 1. The van der Waals surface area contributed by atoms with E-state index in [9.17, 15) is 9.59 Å². The highest BCUT2D eigenvalue weighted by atomic mass is 32.1. The van der Waals surface area contributed by atoms with Crippen molar-refractivity contribution in [1.29, 1.82) is 0 Å². The number of rotatable bonds is 4. The molecule has 0 radical (unpaired) electrons. The van der Waals surface area contributed by atoms with E-state index < -0.39 is 0 Å². The number of amides is 1. The molecule has 1 amide bonds. The van der Waals surface area contributed by atoms with Crippen molar-refractivity contribution in [1.82, 2.24) is 10.3 Å². The molecule has 0 aromatic carbocycles. The molecule has 122 valence electrons. The van der Waals surface area contributed by atoms with Crippen LogP contribution in [-0.4, -0.2) is 16.7 Å². The zero-order valence-electron chi connectivity index (χ0n) is 13.4. The number of hydrogen-bond acceptors (Lipinski definition) is 5. The van der Waals surface area contributed by atoms with Gasteiger partial charge in [0, 0.05) is 10.9 Å². The first kappa shape index (κ1) is 15.9. The van der Waals surface area contributed by atoms with E-state index in [1.54, 1.807) is 18.3 Å². The summed E-state index contributed by atoms with van der Waals surface area (Å²) in [5.41, 5.74) is 1.65. The van der Waals surface area contributed by atoms with E-state index in [0.717, 1.165) is 17.8 Å². The van der Waals surface area contributed by atoms with Gasteiger partial charge in [-0.1, -0.05) is 6.42 Å². The van der Waals surface area contributed by atoms with Crippen molar-refractivity contribution >= 4 is 23.0 Å². The summed E-state index contributed by atoms with van der Waals surface area (Å²) in [5.74, 6) is 0.231. The molecule has 0 aliphatic heterocycles. The summed E-state index contributed by atoms with van der Waals surface area (Å²) < 4.78 is 5.37. The molecule has 0 atom stereocenters. The van der Waals surface area contributed by atoms with Crippen LogP contribution in [0.25, 0.3) is 0 Å². The number of nitrogens with zero attached hydrogens (tertiary/aromatic N) is 1. The maximum absolute atomic E-state index is 12.2. The van der Waals surface area contributed by atoms with E-state index in [1.807, 2.05) is 0 Å². The fourth-order valence-electron chi connectivity index (χ4n) is 2.84. The van der Waals surface area contributed by atoms with Gasteiger partial charge in [-0.3, -0.25) is 9.59 Å². The quantitative estimate of drug-likeness (QED) is 0.687. The summed E-state index contributed by atoms with van der Waals surface area (Å²) in [4.78, 5) is 29.6. The van der Waals surface area contributed by atoms with Crippen LogP contribution in [-0.2, 0) is 19.4 Å². The molecular weight excluding hydrogens is 312 g/mol. The van der Waals surface area contributed by atoms with Crippen LogP contribution in [0, 0.1) is 6.92 Å². The summed E-state index contributed by atoms with van der Waals surface area (Å²) in [6.07, 6.45) is 5.83. The topological polar surface area (TPSA) is 72.2 Å². The molecule has 5 nitrogen and oxygen atoms in total. The molecule has 0 unspecified atom stereocenters. The highest BCUT2D eigenvalue weighted by Gasteiger charge is 2.18. The first-order valence-electron chi connectivity index (χ1n) is 7.91. The van der Waals surface area contributed by atoms with Gasteiger partial charge >= 0.3 is 0 Å². The van der Waals surface area contributed by atoms with Crippen molar-refractivity contribution in [2.45, 2.75) is 52.5 Å². The second-order valence-corrected chi connectivity index (χ2v) is 7.03. The third-order valence-corrected chi connectivity index (χ3v) is 5.22. The maximum atomic E-state index is 12.2. The molecule has 0 fully saturated rings. The Balaban J connectivity index is 1.65. The van der Waals surface area contributed by atoms with E-state index in [-0.39, 0.29) is 17.5 Å². The van der Waals surface area contributed by atoms with Gasteiger partial charge < -0.3 is 9.73 Å². The van der Waals surface area contributed by atoms with E-state index in [1.165, 1.54) is 42.8 Å². The van der Waals surface area contributed by atoms with Crippen LogP contribution in [0.15, 0.2) is 10.5 Å². The van der Waals surface area contributed by atoms with Crippen LogP contribution in [0.3, 0.4) is 0 Å². The van der Waals surface area contributed by atoms with Gasteiger partial charge in [0.05, 0.1) is 17.8 Å². The Labute approximate surface area is 139 Å². The van der Waals surface area contributed by atoms with Crippen LogP contribution < -0.4 is 5.32 Å². The third-order valence-electron chi connectivity index (χ3n) is 4.06. The maximum Gasteiger partial charge on any atom is 0.287 e. The van der Waals surface area contributed by atoms with E-state index >= 15 is 0 Å². The molecule has 2 aromatic heterocycles. The van der Waals surface area contributed by atoms with Gasteiger partial charge in [-0.05, 0) is 39.5 Å². The van der Waals surface area contributed by atoms with Crippen molar-refractivity contribution in [3.05, 3.63) is 38.7 Å². The number of fused-ring (bicyclic) bond motifs is 1. The lowest BCUT2D eigenvalue weighted by molar-refractivity contribution is 0.0921. The monoisotopic (exact) mass is 332 g/mol. The van der Waals surface area contributed by atoms with E-state index in [2.05, 4.69) is 10.3 Å². The van der Waals surface area contributed by atoms with Crippen molar-refractivity contribution in [2.75, 3.05) is 0 Å². The lowest BCUT2D eigenvalue weighted by atomic mass is 10.2. The number of thiazole rings is 1. The van der Waals surface area contributed by atoms with E-state index in [4.69, 9.17) is 4.42 Å². The average Bonchev–Trinajstić information content (AvgIpc) is 3.02. The van der Waals surface area contributed by atoms with Crippen LogP contribution in [0.2, 0.25) is 0 Å². The molecule has 6 heteroatoms. The minimum Gasteiger partial charge on any atom is -0.455 e. The SMILES string of the molecule is CC(=O)c1cc(C(=O)NCc2nc3c(s2)CCCCC3)oc1C. The molecular formula is C17H20N2O3S. The number of aryl methyl sites for hydroxylation is 3. The largest absolute Gasteiger partial charge is 0.455 e. The van der Waals surface area contributed by atoms with Gasteiger partial charge in [0.25, 0.3) is 5.91 Å². The summed E-state index contributed by atoms with van der Waals surface area (Å²) in [6.45, 7) is 3.54. The minimum absolute atomic E-state index is 0.103. The molecule has 1 aliphatic rings. The zero-order valence-corrected chi connectivity index (χ0v) is 14.2. The molecule has 3 rings (SSSR count). The second kappa shape index (κ2) is 6.66. The zero-order chi connectivity index (χ0) is 16.4. The number of ketones is 1. The van der Waals surface area contributed by atoms with Gasteiger partial charge in [0.15, 0.2) is 11.5 Å². The Morgan fingerprint density at radius 1 is 1.30 bits per heavy atom. The number of furan rings is 1. The molecule has 0 saturated heterocycles. The Morgan fingerprint density at radius 2 is 2.09 bits per heavy atom. The fraction of sp³-hybridized carbons (Fsp3) is 0.471. The average molecular weight is 332 g/mol. The second-order valence-electron chi connectivity index (χ2n) is 5.86. The van der Waals surface area contributed by atoms with Crippen LogP contribution in [0.4, 0.5) is 0 Å². The highest BCUT2D eigenvalue weighted by molar-refractivity contribution is 7.11. The standard InChI is InChI=1S/C17H20N2O3S/c1-10(20)12-8-14(22-11(12)2)17(21)18-9-16-19-13-6-4-3-5-7-15(13)23-16/h8H,3-7,9H2,1-2H3,(H,18,21). The van der Waals surface area contributed by atoms with E-state index in [0.29, 0.717) is 17.9 Å². The Hall–Kier alpha value is -1.95. The van der Waals surface area contributed by atoms with Gasteiger partial charge in [-0.15, -0.1) is 11.3 Å². The van der Waals surface area contributed by atoms with Crippen LogP contribution in [0.5, 0.6) is 0 Å². The smallest absolute Gasteiger partial charge is 0.287 e. The third kappa shape index (κ3) is 3.52. The summed E-state index contributed by atoms with van der Waals surface area (Å²) in [6, 6.07) is 1.50.